The predicted molar refractivity (Wildman–Crippen MR) is 149 cm³/mol. The van der Waals surface area contributed by atoms with Crippen molar-refractivity contribution in [3.63, 3.8) is 0 Å². The first-order chi connectivity index (χ1) is 18.4. The standard InChI is InChI=1S/C30H27BrN2O5/c1-3-38-22-10-6-18(7-11-22)27-26(28(34)19-4-8-21(31)9-5-19)29(35)30(36)33(27)15-14-20-17-32-25-13-12-23(37-2)16-24(20)25/h4-13,16-17,27,32,34H,3,14-15H2,1-2H3/t27-/m0/s1. The Kier molecular flexibility index (Phi) is 7.24. The number of hydrogen-bond donors (Lipinski definition) is 2. The predicted octanol–water partition coefficient (Wildman–Crippen LogP) is 6.00. The summed E-state index contributed by atoms with van der Waals surface area (Å²) in [5, 5.41) is 12.3. The summed E-state index contributed by atoms with van der Waals surface area (Å²) in [6.07, 6.45) is 2.42. The number of rotatable bonds is 8. The van der Waals surface area contributed by atoms with Crippen molar-refractivity contribution in [3.05, 3.63) is 99.7 Å². The molecule has 0 radical (unpaired) electrons. The molecule has 0 unspecified atom stereocenters. The summed E-state index contributed by atoms with van der Waals surface area (Å²) in [5.41, 5.74) is 3.21. The van der Waals surface area contributed by atoms with E-state index < -0.39 is 17.7 Å². The van der Waals surface area contributed by atoms with Crippen LogP contribution < -0.4 is 9.47 Å². The van der Waals surface area contributed by atoms with E-state index in [9.17, 15) is 14.7 Å². The van der Waals surface area contributed by atoms with Gasteiger partial charge in [0, 0.05) is 33.7 Å². The van der Waals surface area contributed by atoms with Gasteiger partial charge in [-0.1, -0.05) is 40.2 Å². The van der Waals surface area contributed by atoms with Gasteiger partial charge < -0.3 is 24.5 Å². The number of halogens is 1. The van der Waals surface area contributed by atoms with Crippen LogP contribution in [0.1, 0.15) is 29.7 Å². The van der Waals surface area contributed by atoms with E-state index in [1.807, 2.05) is 55.6 Å². The number of amides is 1. The quantitative estimate of drug-likeness (QED) is 0.153. The first-order valence-corrected chi connectivity index (χ1v) is 13.1. The number of likely N-dealkylation sites (tertiary alicyclic amines) is 1. The van der Waals surface area contributed by atoms with Crippen molar-refractivity contribution < 1.29 is 24.2 Å². The SMILES string of the molecule is CCOc1ccc([C@H]2C(=C(O)c3ccc(Br)cc3)C(=O)C(=O)N2CCc2c[nH]c3ccc(OC)cc23)cc1. The van der Waals surface area contributed by atoms with Gasteiger partial charge in [-0.3, -0.25) is 9.59 Å². The van der Waals surface area contributed by atoms with Crippen molar-refractivity contribution in [3.8, 4) is 11.5 Å². The van der Waals surface area contributed by atoms with E-state index in [0.29, 0.717) is 29.9 Å². The van der Waals surface area contributed by atoms with Gasteiger partial charge in [0.25, 0.3) is 11.7 Å². The zero-order valence-corrected chi connectivity index (χ0v) is 22.6. The van der Waals surface area contributed by atoms with Crippen LogP contribution in [0.25, 0.3) is 16.7 Å². The maximum absolute atomic E-state index is 13.4. The number of Topliss-reactive ketones (excluding diaryl/α,β-unsaturated/α-hetero) is 1. The van der Waals surface area contributed by atoms with E-state index in [0.717, 1.165) is 26.7 Å². The van der Waals surface area contributed by atoms with Gasteiger partial charge in [-0.05, 0) is 66.9 Å². The van der Waals surface area contributed by atoms with Gasteiger partial charge >= 0.3 is 0 Å². The first-order valence-electron chi connectivity index (χ1n) is 12.3. The number of carbonyl (C=O) groups excluding carboxylic acids is 2. The highest BCUT2D eigenvalue weighted by Gasteiger charge is 2.45. The van der Waals surface area contributed by atoms with Crippen LogP contribution in [0.2, 0.25) is 0 Å². The Balaban J connectivity index is 1.54. The number of ether oxygens (including phenoxy) is 2. The highest BCUT2D eigenvalue weighted by molar-refractivity contribution is 9.10. The second-order valence-corrected chi connectivity index (χ2v) is 9.89. The molecule has 5 rings (SSSR count). The molecule has 1 saturated heterocycles. The summed E-state index contributed by atoms with van der Waals surface area (Å²) in [5.74, 6) is -0.115. The molecule has 2 heterocycles. The Morgan fingerprint density at radius 3 is 2.42 bits per heavy atom. The minimum atomic E-state index is -0.742. The van der Waals surface area contributed by atoms with Gasteiger partial charge in [-0.2, -0.15) is 0 Å². The van der Waals surface area contributed by atoms with E-state index in [-0.39, 0.29) is 17.9 Å². The summed E-state index contributed by atoms with van der Waals surface area (Å²) >= 11 is 3.39. The molecule has 194 valence electrons. The molecule has 0 bridgehead atoms. The fraction of sp³-hybridized carbons (Fsp3) is 0.200. The second-order valence-electron chi connectivity index (χ2n) is 8.98. The van der Waals surface area contributed by atoms with Crippen LogP contribution in [0, 0.1) is 0 Å². The lowest BCUT2D eigenvalue weighted by atomic mass is 9.95. The lowest BCUT2D eigenvalue weighted by Gasteiger charge is -2.25. The van der Waals surface area contributed by atoms with Gasteiger partial charge in [0.2, 0.25) is 0 Å². The molecule has 1 aliphatic rings. The molecule has 0 spiro atoms. The zero-order chi connectivity index (χ0) is 26.8. The molecule has 2 N–H and O–H groups in total. The van der Waals surface area contributed by atoms with Crippen molar-refractivity contribution in [2.75, 3.05) is 20.3 Å². The zero-order valence-electron chi connectivity index (χ0n) is 21.0. The molecule has 1 amide bonds. The summed E-state index contributed by atoms with van der Waals surface area (Å²) in [7, 11) is 1.62. The maximum atomic E-state index is 13.4. The number of nitrogens with one attached hydrogen (secondary N) is 1. The fourth-order valence-electron chi connectivity index (χ4n) is 4.87. The lowest BCUT2D eigenvalue weighted by molar-refractivity contribution is -0.139. The second kappa shape index (κ2) is 10.8. The van der Waals surface area contributed by atoms with Gasteiger partial charge in [0.1, 0.15) is 17.3 Å². The van der Waals surface area contributed by atoms with Gasteiger partial charge in [-0.25, -0.2) is 0 Å². The molecule has 3 aromatic carbocycles. The molecule has 8 heteroatoms. The number of fused-ring (bicyclic) bond motifs is 1. The highest BCUT2D eigenvalue weighted by atomic mass is 79.9. The van der Waals surface area contributed by atoms with E-state index in [2.05, 4.69) is 20.9 Å². The number of ketones is 1. The summed E-state index contributed by atoms with van der Waals surface area (Å²) in [4.78, 5) is 31.5. The first kappa shape index (κ1) is 25.6. The smallest absolute Gasteiger partial charge is 0.295 e. The average Bonchev–Trinajstić information content (AvgIpc) is 3.45. The number of carbonyl (C=O) groups is 2. The third-order valence-corrected chi connectivity index (χ3v) is 7.29. The number of aliphatic hydroxyl groups excluding tert-OH is 1. The van der Waals surface area contributed by atoms with E-state index in [1.54, 1.807) is 36.3 Å². The maximum Gasteiger partial charge on any atom is 0.295 e. The number of aliphatic hydroxyl groups is 1. The van der Waals surface area contributed by atoms with Crippen molar-refractivity contribution in [2.45, 2.75) is 19.4 Å². The third kappa shape index (κ3) is 4.79. The van der Waals surface area contributed by atoms with E-state index >= 15 is 0 Å². The summed E-state index contributed by atoms with van der Waals surface area (Å²) in [6, 6.07) is 19.3. The molecule has 0 saturated carbocycles. The molecule has 1 fully saturated rings. The third-order valence-electron chi connectivity index (χ3n) is 6.76. The molecule has 38 heavy (non-hydrogen) atoms. The van der Waals surface area contributed by atoms with Gasteiger partial charge in [-0.15, -0.1) is 0 Å². The van der Waals surface area contributed by atoms with Crippen LogP contribution in [0.4, 0.5) is 0 Å². The Morgan fingerprint density at radius 1 is 1.03 bits per heavy atom. The topological polar surface area (TPSA) is 91.9 Å². The van der Waals surface area contributed by atoms with Gasteiger partial charge in [0.05, 0.1) is 25.3 Å². The minimum Gasteiger partial charge on any atom is -0.507 e. The molecular weight excluding hydrogens is 548 g/mol. The number of aromatic nitrogens is 1. The molecule has 1 aromatic heterocycles. The average molecular weight is 575 g/mol. The van der Waals surface area contributed by atoms with Gasteiger partial charge in [0.15, 0.2) is 0 Å². The van der Waals surface area contributed by atoms with Crippen LogP contribution in [0.15, 0.2) is 83.0 Å². The Labute approximate surface area is 228 Å². The fourth-order valence-corrected chi connectivity index (χ4v) is 5.13. The molecule has 7 nitrogen and oxygen atoms in total. The molecule has 4 aromatic rings. The number of hydrogen-bond acceptors (Lipinski definition) is 5. The lowest BCUT2D eigenvalue weighted by Crippen LogP contribution is -2.31. The van der Waals surface area contributed by atoms with Crippen molar-refractivity contribution in [2.24, 2.45) is 0 Å². The molecular formula is C30H27BrN2O5. The van der Waals surface area contributed by atoms with Crippen LogP contribution >= 0.6 is 15.9 Å². The van der Waals surface area contributed by atoms with Crippen molar-refractivity contribution in [1.29, 1.82) is 0 Å². The Morgan fingerprint density at radius 2 is 1.74 bits per heavy atom. The number of H-pyrrole nitrogens is 1. The summed E-state index contributed by atoms with van der Waals surface area (Å²) in [6.45, 7) is 2.71. The van der Waals surface area contributed by atoms with Crippen LogP contribution in [-0.4, -0.2) is 46.9 Å². The van der Waals surface area contributed by atoms with E-state index in [4.69, 9.17) is 9.47 Å². The number of methoxy groups -OCH3 is 1. The van der Waals surface area contributed by atoms with Crippen LogP contribution in [0.3, 0.4) is 0 Å². The summed E-state index contributed by atoms with van der Waals surface area (Å²) < 4.78 is 11.8. The van der Waals surface area contributed by atoms with Crippen molar-refractivity contribution >= 4 is 44.3 Å². The minimum absolute atomic E-state index is 0.0714. The monoisotopic (exact) mass is 574 g/mol. The number of aromatic amines is 1. The van der Waals surface area contributed by atoms with E-state index in [1.165, 1.54) is 0 Å². The largest absolute Gasteiger partial charge is 0.507 e. The van der Waals surface area contributed by atoms with Crippen LogP contribution in [-0.2, 0) is 16.0 Å². The molecule has 1 atom stereocenters. The Hall–Kier alpha value is -4.04. The highest BCUT2D eigenvalue weighted by Crippen LogP contribution is 2.40. The van der Waals surface area contributed by atoms with Crippen LogP contribution in [0.5, 0.6) is 11.5 Å². The molecule has 1 aliphatic heterocycles. The number of nitrogens with zero attached hydrogens (tertiary/aromatic N) is 1. The molecule has 0 aliphatic carbocycles. The Bertz CT molecular complexity index is 1520. The normalized spacial score (nSPS) is 16.8. The van der Waals surface area contributed by atoms with Crippen molar-refractivity contribution in [1.82, 2.24) is 9.88 Å². The number of benzene rings is 3.